The number of hydrogen-bond donors (Lipinski definition) is 2. The summed E-state index contributed by atoms with van der Waals surface area (Å²) in [6.07, 6.45) is 9.62. The van der Waals surface area contributed by atoms with Gasteiger partial charge in [0.25, 0.3) is 0 Å². The molecule has 20 heavy (non-hydrogen) atoms. The van der Waals surface area contributed by atoms with Crippen molar-refractivity contribution in [3.63, 3.8) is 0 Å². The summed E-state index contributed by atoms with van der Waals surface area (Å²) in [5.74, 6) is -0.264. The maximum atomic E-state index is 11.6. The predicted molar refractivity (Wildman–Crippen MR) is 82.5 cm³/mol. The highest BCUT2D eigenvalue weighted by Crippen LogP contribution is 2.21. The molecule has 4 heteroatoms. The molecule has 0 spiro atoms. The molecule has 0 bridgehead atoms. The van der Waals surface area contributed by atoms with Crippen LogP contribution in [0.1, 0.15) is 72.1 Å². The minimum Gasteiger partial charge on any atom is -0.378 e. The monoisotopic (exact) mass is 284 g/mol. The van der Waals surface area contributed by atoms with Crippen LogP contribution in [0.3, 0.4) is 0 Å². The third-order valence-electron chi connectivity index (χ3n) is 4.13. The van der Waals surface area contributed by atoms with E-state index in [1.54, 1.807) is 0 Å². The Morgan fingerprint density at radius 1 is 1.30 bits per heavy atom. The van der Waals surface area contributed by atoms with Gasteiger partial charge in [0, 0.05) is 12.6 Å². The van der Waals surface area contributed by atoms with Gasteiger partial charge in [-0.2, -0.15) is 0 Å². The minimum atomic E-state index is -0.598. The molecule has 0 aromatic heterocycles. The highest BCUT2D eigenvalue weighted by Gasteiger charge is 2.30. The minimum absolute atomic E-state index is 0.256. The van der Waals surface area contributed by atoms with Crippen molar-refractivity contribution in [2.24, 2.45) is 5.73 Å². The topological polar surface area (TPSA) is 64.3 Å². The van der Waals surface area contributed by atoms with Crippen LogP contribution >= 0.6 is 0 Å². The van der Waals surface area contributed by atoms with Crippen LogP contribution in [-0.4, -0.2) is 30.2 Å². The highest BCUT2D eigenvalue weighted by molar-refractivity contribution is 5.84. The van der Waals surface area contributed by atoms with Crippen LogP contribution in [0.4, 0.5) is 0 Å². The van der Waals surface area contributed by atoms with Crippen molar-refractivity contribution in [1.82, 2.24) is 5.32 Å². The smallest absolute Gasteiger partial charge is 0.237 e. The zero-order chi connectivity index (χ0) is 15.0. The molecule has 0 aromatic carbocycles. The fraction of sp³-hybridized carbons (Fsp3) is 0.938. The first-order valence-corrected chi connectivity index (χ1v) is 8.13. The van der Waals surface area contributed by atoms with Crippen molar-refractivity contribution in [1.29, 1.82) is 0 Å². The Morgan fingerprint density at radius 2 is 1.95 bits per heavy atom. The van der Waals surface area contributed by atoms with E-state index in [-0.39, 0.29) is 11.9 Å². The molecule has 0 aliphatic heterocycles. The van der Waals surface area contributed by atoms with Gasteiger partial charge in [-0.3, -0.25) is 4.79 Å². The largest absolute Gasteiger partial charge is 0.378 e. The molecule has 0 radical (unpaired) electrons. The van der Waals surface area contributed by atoms with Crippen molar-refractivity contribution < 1.29 is 9.53 Å². The van der Waals surface area contributed by atoms with E-state index in [1.165, 1.54) is 32.1 Å². The molecule has 1 rings (SSSR count). The second kappa shape index (κ2) is 8.63. The maximum absolute atomic E-state index is 11.6. The number of amides is 1. The number of ether oxygens (including phenoxy) is 1. The van der Waals surface area contributed by atoms with Gasteiger partial charge >= 0.3 is 0 Å². The first-order valence-electron chi connectivity index (χ1n) is 8.13. The third-order valence-corrected chi connectivity index (χ3v) is 4.13. The van der Waals surface area contributed by atoms with Crippen molar-refractivity contribution in [3.8, 4) is 0 Å². The van der Waals surface area contributed by atoms with Crippen molar-refractivity contribution in [2.45, 2.75) is 89.8 Å². The Labute approximate surface area is 123 Å². The first-order chi connectivity index (χ1) is 9.44. The Balaban J connectivity index is 2.18. The van der Waals surface area contributed by atoms with E-state index in [4.69, 9.17) is 10.5 Å². The van der Waals surface area contributed by atoms with Crippen LogP contribution in [0.2, 0.25) is 0 Å². The number of carbonyl (C=O) groups excluding carboxylic acids is 1. The molecule has 1 aliphatic rings. The van der Waals surface area contributed by atoms with Gasteiger partial charge in [0.2, 0.25) is 5.91 Å². The molecule has 1 aliphatic carbocycles. The normalized spacial score (nSPS) is 20.0. The molecule has 1 fully saturated rings. The summed E-state index contributed by atoms with van der Waals surface area (Å²) in [6.45, 7) is 6.78. The highest BCUT2D eigenvalue weighted by atomic mass is 16.5. The van der Waals surface area contributed by atoms with E-state index in [9.17, 15) is 4.79 Å². The molecular formula is C16H32N2O2. The van der Waals surface area contributed by atoms with Crippen LogP contribution in [0.15, 0.2) is 0 Å². The molecule has 0 saturated heterocycles. The van der Waals surface area contributed by atoms with Crippen LogP contribution in [-0.2, 0) is 9.53 Å². The Bertz CT molecular complexity index is 288. The van der Waals surface area contributed by atoms with E-state index in [2.05, 4.69) is 5.32 Å². The summed E-state index contributed by atoms with van der Waals surface area (Å²) in [6, 6.07) is 0.256. The molecule has 1 amide bonds. The van der Waals surface area contributed by atoms with Gasteiger partial charge < -0.3 is 15.8 Å². The summed E-state index contributed by atoms with van der Waals surface area (Å²) in [5.41, 5.74) is 4.92. The number of unbranched alkanes of at least 4 members (excludes halogenated alkanes) is 1. The number of hydrogen-bond acceptors (Lipinski definition) is 3. The average molecular weight is 284 g/mol. The van der Waals surface area contributed by atoms with E-state index in [0.717, 1.165) is 25.9 Å². The lowest BCUT2D eigenvalue weighted by Gasteiger charge is -2.30. The Morgan fingerprint density at radius 3 is 2.50 bits per heavy atom. The maximum Gasteiger partial charge on any atom is 0.237 e. The summed E-state index contributed by atoms with van der Waals surface area (Å²) in [4.78, 5) is 11.6. The number of primary amides is 1. The summed E-state index contributed by atoms with van der Waals surface area (Å²) in [7, 11) is 0. The Kier molecular flexibility index (Phi) is 7.52. The van der Waals surface area contributed by atoms with Gasteiger partial charge in [0.15, 0.2) is 0 Å². The average Bonchev–Trinajstić information content (AvgIpc) is 2.38. The predicted octanol–water partition coefficient (Wildman–Crippen LogP) is 2.75. The van der Waals surface area contributed by atoms with Crippen LogP contribution in [0.25, 0.3) is 0 Å². The number of nitrogens with one attached hydrogen (secondary N) is 1. The third kappa shape index (κ3) is 6.23. The number of carbonyl (C=O) groups is 1. The van der Waals surface area contributed by atoms with E-state index in [1.807, 2.05) is 20.8 Å². The fourth-order valence-electron chi connectivity index (χ4n) is 2.97. The van der Waals surface area contributed by atoms with E-state index < -0.39 is 5.54 Å². The second-order valence-corrected chi connectivity index (χ2v) is 6.58. The molecule has 3 N–H and O–H groups in total. The van der Waals surface area contributed by atoms with Gasteiger partial charge in [-0.15, -0.1) is 0 Å². The zero-order valence-corrected chi connectivity index (χ0v) is 13.4. The summed E-state index contributed by atoms with van der Waals surface area (Å²) < 4.78 is 5.90. The molecule has 4 nitrogen and oxygen atoms in total. The quantitative estimate of drug-likeness (QED) is 0.640. The van der Waals surface area contributed by atoms with Crippen molar-refractivity contribution in [3.05, 3.63) is 0 Å². The van der Waals surface area contributed by atoms with Crippen LogP contribution < -0.4 is 11.1 Å². The molecule has 1 saturated carbocycles. The lowest BCUT2D eigenvalue weighted by molar-refractivity contribution is -0.124. The van der Waals surface area contributed by atoms with Gasteiger partial charge in [0.05, 0.1) is 11.6 Å². The molecule has 0 heterocycles. The molecule has 1 atom stereocenters. The van der Waals surface area contributed by atoms with Gasteiger partial charge in [-0.1, -0.05) is 19.3 Å². The lowest BCUT2D eigenvalue weighted by atomic mass is 9.93. The summed E-state index contributed by atoms with van der Waals surface area (Å²) in [5, 5.41) is 3.28. The van der Waals surface area contributed by atoms with Crippen LogP contribution in [0, 0.1) is 0 Å². The van der Waals surface area contributed by atoms with Gasteiger partial charge in [0.1, 0.15) is 0 Å². The molecule has 118 valence electrons. The fourth-order valence-corrected chi connectivity index (χ4v) is 2.97. The Hall–Kier alpha value is -0.610. The van der Waals surface area contributed by atoms with Gasteiger partial charge in [-0.05, 0) is 52.9 Å². The van der Waals surface area contributed by atoms with Crippen molar-refractivity contribution >= 4 is 5.91 Å². The van der Waals surface area contributed by atoms with E-state index >= 15 is 0 Å². The van der Waals surface area contributed by atoms with Crippen molar-refractivity contribution in [2.75, 3.05) is 6.61 Å². The van der Waals surface area contributed by atoms with Gasteiger partial charge in [-0.25, -0.2) is 0 Å². The second-order valence-electron chi connectivity index (χ2n) is 6.58. The molecular weight excluding hydrogens is 252 g/mol. The lowest BCUT2D eigenvalue weighted by Crippen LogP contribution is -2.55. The van der Waals surface area contributed by atoms with E-state index in [0.29, 0.717) is 6.10 Å². The molecule has 0 aromatic rings. The molecule has 1 unspecified atom stereocenters. The van der Waals surface area contributed by atoms with Crippen LogP contribution in [0.5, 0.6) is 0 Å². The first kappa shape index (κ1) is 17.4. The zero-order valence-electron chi connectivity index (χ0n) is 13.4. The SMILES string of the molecule is CC(C)NC(C)(CCCCOC1CCCCC1)C(N)=O. The summed E-state index contributed by atoms with van der Waals surface area (Å²) >= 11 is 0. The number of rotatable bonds is 9. The number of nitrogens with two attached hydrogens (primary N) is 1. The standard InChI is InChI=1S/C16H32N2O2/c1-13(2)18-16(3,15(17)19)11-7-8-12-20-14-9-5-4-6-10-14/h13-14,18H,4-12H2,1-3H3,(H2,17,19).